The summed E-state index contributed by atoms with van der Waals surface area (Å²) in [4.78, 5) is 9.97. The first-order chi connectivity index (χ1) is 9.35. The molecule has 0 radical (unpaired) electrons. The number of sulfonamides is 1. The predicted molar refractivity (Wildman–Crippen MR) is 65.8 cm³/mol. The molecule has 0 saturated carbocycles. The van der Waals surface area contributed by atoms with Crippen molar-refractivity contribution in [2.45, 2.75) is 11.3 Å². The van der Waals surface area contributed by atoms with Crippen LogP contribution in [0.15, 0.2) is 29.2 Å². The molecule has 0 saturated heterocycles. The Bertz CT molecular complexity index is 685. The Balaban J connectivity index is 2.55. The maximum absolute atomic E-state index is 14.0. The van der Waals surface area contributed by atoms with Gasteiger partial charge in [-0.2, -0.15) is 4.31 Å². The van der Waals surface area contributed by atoms with Crippen LogP contribution in [0, 0.1) is 11.6 Å². The molecule has 0 atom stereocenters. The van der Waals surface area contributed by atoms with E-state index < -0.39 is 38.1 Å². The lowest BCUT2D eigenvalue weighted by Crippen LogP contribution is -2.34. The maximum Gasteiger partial charge on any atom is 0.341 e. The molecule has 2 rings (SSSR count). The smallest absolute Gasteiger partial charge is 0.341 e. The Morgan fingerprint density at radius 1 is 1.25 bits per heavy atom. The van der Waals surface area contributed by atoms with Gasteiger partial charge in [0, 0.05) is 13.1 Å². The monoisotopic (exact) mass is 303 g/mol. The van der Waals surface area contributed by atoms with Gasteiger partial charge in [-0.1, -0.05) is 12.2 Å². The molecule has 0 bridgehead atoms. The largest absolute Gasteiger partial charge is 0.477 e. The quantitative estimate of drug-likeness (QED) is 0.861. The topological polar surface area (TPSA) is 74.7 Å². The van der Waals surface area contributed by atoms with Gasteiger partial charge in [-0.05, 0) is 18.6 Å². The van der Waals surface area contributed by atoms with Crippen LogP contribution in [0.3, 0.4) is 0 Å². The average molecular weight is 303 g/mol. The van der Waals surface area contributed by atoms with E-state index in [1.165, 1.54) is 0 Å². The van der Waals surface area contributed by atoms with E-state index in [0.717, 1.165) is 10.4 Å². The van der Waals surface area contributed by atoms with Crippen molar-refractivity contribution in [2.75, 3.05) is 13.1 Å². The number of halogens is 2. The van der Waals surface area contributed by atoms with Crippen LogP contribution in [0.4, 0.5) is 8.78 Å². The molecule has 5 nitrogen and oxygen atoms in total. The highest BCUT2D eigenvalue weighted by Crippen LogP contribution is 2.25. The van der Waals surface area contributed by atoms with Crippen molar-refractivity contribution in [2.24, 2.45) is 0 Å². The van der Waals surface area contributed by atoms with Crippen molar-refractivity contribution in [3.63, 3.8) is 0 Å². The number of carboxylic acids is 1. The molecule has 0 amide bonds. The second-order valence-corrected chi connectivity index (χ2v) is 6.07. The molecule has 20 heavy (non-hydrogen) atoms. The molecule has 1 N–H and O–H groups in total. The van der Waals surface area contributed by atoms with Crippen molar-refractivity contribution in [1.29, 1.82) is 0 Å². The number of hydrogen-bond donors (Lipinski definition) is 1. The van der Waals surface area contributed by atoms with E-state index in [-0.39, 0.29) is 13.1 Å². The Morgan fingerprint density at radius 3 is 2.50 bits per heavy atom. The van der Waals surface area contributed by atoms with Crippen LogP contribution in [-0.2, 0) is 10.0 Å². The van der Waals surface area contributed by atoms with Crippen LogP contribution in [-0.4, -0.2) is 36.9 Å². The molecule has 0 fully saturated rings. The molecule has 0 spiro atoms. The van der Waals surface area contributed by atoms with Crippen LogP contribution in [0.2, 0.25) is 0 Å². The summed E-state index contributed by atoms with van der Waals surface area (Å²) >= 11 is 0. The zero-order valence-corrected chi connectivity index (χ0v) is 11.0. The van der Waals surface area contributed by atoms with Gasteiger partial charge < -0.3 is 5.11 Å². The Labute approximate surface area is 114 Å². The number of benzene rings is 1. The van der Waals surface area contributed by atoms with Crippen molar-refractivity contribution in [1.82, 2.24) is 4.31 Å². The van der Waals surface area contributed by atoms with Crippen LogP contribution in [0.5, 0.6) is 0 Å². The van der Waals surface area contributed by atoms with Crippen LogP contribution < -0.4 is 0 Å². The van der Waals surface area contributed by atoms with Crippen molar-refractivity contribution >= 4 is 16.0 Å². The Hall–Kier alpha value is -1.80. The second-order valence-electron chi connectivity index (χ2n) is 4.16. The van der Waals surface area contributed by atoms with Crippen LogP contribution in [0.1, 0.15) is 16.8 Å². The predicted octanol–water partition coefficient (Wildman–Crippen LogP) is 1.61. The summed E-state index contributed by atoms with van der Waals surface area (Å²) in [6.45, 7) is 0.236. The SMILES string of the molecule is O=C(O)c1c(F)ccc(S(=O)(=O)N2CC=CCC2)c1F. The Morgan fingerprint density at radius 2 is 1.95 bits per heavy atom. The highest BCUT2D eigenvalue weighted by atomic mass is 32.2. The van der Waals surface area contributed by atoms with Gasteiger partial charge in [-0.25, -0.2) is 22.0 Å². The number of rotatable bonds is 3. The minimum absolute atomic E-state index is 0.0710. The molecule has 1 heterocycles. The molecular formula is C12H11F2NO4S. The number of hydrogen-bond acceptors (Lipinski definition) is 3. The van der Waals surface area contributed by atoms with Gasteiger partial charge in [0.25, 0.3) is 0 Å². The summed E-state index contributed by atoms with van der Waals surface area (Å²) in [7, 11) is -4.19. The van der Waals surface area contributed by atoms with Gasteiger partial charge in [0.15, 0.2) is 5.82 Å². The normalized spacial score (nSPS) is 16.3. The first-order valence-electron chi connectivity index (χ1n) is 5.72. The van der Waals surface area contributed by atoms with E-state index in [4.69, 9.17) is 5.11 Å². The van der Waals surface area contributed by atoms with Crippen molar-refractivity contribution in [3.8, 4) is 0 Å². The number of aromatic carboxylic acids is 1. The second kappa shape index (κ2) is 5.29. The standard InChI is InChI=1S/C12H11F2NO4S/c13-8-4-5-9(11(14)10(8)12(16)17)20(18,19)15-6-2-1-3-7-15/h1-2,4-5H,3,6-7H2,(H,16,17). The molecule has 1 aliphatic heterocycles. The Kier molecular flexibility index (Phi) is 3.87. The number of nitrogens with zero attached hydrogens (tertiary/aromatic N) is 1. The lowest BCUT2D eigenvalue weighted by Gasteiger charge is -2.23. The molecule has 1 aromatic rings. The van der Waals surface area contributed by atoms with Gasteiger partial charge in [0.2, 0.25) is 10.0 Å². The highest BCUT2D eigenvalue weighted by molar-refractivity contribution is 7.89. The fourth-order valence-corrected chi connectivity index (χ4v) is 3.38. The number of carboxylic acid groups (broad SMARTS) is 1. The zero-order valence-electron chi connectivity index (χ0n) is 10.2. The summed E-state index contributed by atoms with van der Waals surface area (Å²) in [5, 5.41) is 8.75. The van der Waals surface area contributed by atoms with Crippen LogP contribution in [0.25, 0.3) is 0 Å². The van der Waals surface area contributed by atoms with Gasteiger partial charge in [0.1, 0.15) is 16.3 Å². The minimum Gasteiger partial charge on any atom is -0.477 e. The first-order valence-corrected chi connectivity index (χ1v) is 7.16. The number of carbonyl (C=O) groups is 1. The van der Waals surface area contributed by atoms with E-state index >= 15 is 0 Å². The zero-order chi connectivity index (χ0) is 14.9. The summed E-state index contributed by atoms with van der Waals surface area (Å²) < 4.78 is 52.7. The van der Waals surface area contributed by atoms with Gasteiger partial charge in [0.05, 0.1) is 0 Å². The molecule has 0 aliphatic carbocycles. The molecule has 1 aromatic carbocycles. The molecule has 8 heteroatoms. The van der Waals surface area contributed by atoms with E-state index in [2.05, 4.69) is 0 Å². The average Bonchev–Trinajstić information content (AvgIpc) is 2.39. The fraction of sp³-hybridized carbons (Fsp3) is 0.250. The third-order valence-corrected chi connectivity index (χ3v) is 4.79. The summed E-state index contributed by atoms with van der Waals surface area (Å²) in [6, 6.07) is 1.38. The lowest BCUT2D eigenvalue weighted by molar-refractivity contribution is 0.0685. The van der Waals surface area contributed by atoms with Gasteiger partial charge in [-0.3, -0.25) is 0 Å². The fourth-order valence-electron chi connectivity index (χ4n) is 1.91. The maximum atomic E-state index is 14.0. The first kappa shape index (κ1) is 14.6. The van der Waals surface area contributed by atoms with Crippen molar-refractivity contribution in [3.05, 3.63) is 41.5 Å². The van der Waals surface area contributed by atoms with E-state index in [1.54, 1.807) is 12.2 Å². The van der Waals surface area contributed by atoms with E-state index in [0.29, 0.717) is 12.5 Å². The summed E-state index contributed by atoms with van der Waals surface area (Å²) in [6.07, 6.45) is 3.88. The van der Waals surface area contributed by atoms with E-state index in [9.17, 15) is 22.0 Å². The molecular weight excluding hydrogens is 292 g/mol. The van der Waals surface area contributed by atoms with E-state index in [1.807, 2.05) is 0 Å². The minimum atomic E-state index is -4.19. The highest BCUT2D eigenvalue weighted by Gasteiger charge is 2.31. The third kappa shape index (κ3) is 2.44. The molecule has 0 unspecified atom stereocenters. The summed E-state index contributed by atoms with van der Waals surface area (Å²) in [5.41, 5.74) is -1.27. The lowest BCUT2D eigenvalue weighted by atomic mass is 10.2. The van der Waals surface area contributed by atoms with Crippen molar-refractivity contribution < 1.29 is 27.1 Å². The van der Waals surface area contributed by atoms with Gasteiger partial charge in [-0.15, -0.1) is 0 Å². The van der Waals surface area contributed by atoms with Gasteiger partial charge >= 0.3 is 5.97 Å². The third-order valence-electron chi connectivity index (χ3n) is 2.91. The molecule has 1 aliphatic rings. The van der Waals surface area contributed by atoms with Crippen LogP contribution >= 0.6 is 0 Å². The summed E-state index contributed by atoms with van der Waals surface area (Å²) in [5.74, 6) is -4.74. The molecule has 0 aromatic heterocycles. The molecule has 108 valence electrons.